The number of aliphatic hydroxyl groups excluding tert-OH is 3. The summed E-state index contributed by atoms with van der Waals surface area (Å²) in [6, 6.07) is 1.96. The van der Waals surface area contributed by atoms with Crippen LogP contribution in [0.15, 0.2) is 12.1 Å². The average molecular weight is 370 g/mol. The van der Waals surface area contributed by atoms with Crippen LogP contribution in [0.25, 0.3) is 0 Å². The van der Waals surface area contributed by atoms with Crippen molar-refractivity contribution in [3.63, 3.8) is 0 Å². The SMILES string of the molecule is COc1cc(O)c2c(c1)C(=O)[C@@]1(O)[C@@H](O)[C@](C)(O)[C@H](O)[C@@H](O)[C@@]1(O)C2=O. The van der Waals surface area contributed by atoms with Gasteiger partial charge in [0.1, 0.15) is 35.4 Å². The highest BCUT2D eigenvalue weighted by Gasteiger charge is 2.78. The lowest BCUT2D eigenvalue weighted by molar-refractivity contribution is -0.304. The Kier molecular flexibility index (Phi) is 3.76. The van der Waals surface area contributed by atoms with Gasteiger partial charge in [0.25, 0.3) is 0 Å². The van der Waals surface area contributed by atoms with Crippen LogP contribution in [0.1, 0.15) is 27.6 Å². The normalized spacial score (nSPS) is 42.2. The molecule has 0 unspecified atom stereocenters. The van der Waals surface area contributed by atoms with E-state index in [4.69, 9.17) is 4.74 Å². The molecule has 1 aromatic carbocycles. The second kappa shape index (κ2) is 5.22. The van der Waals surface area contributed by atoms with Crippen LogP contribution < -0.4 is 4.74 Å². The molecule has 0 radical (unpaired) electrons. The molecule has 7 N–H and O–H groups in total. The van der Waals surface area contributed by atoms with Crippen molar-refractivity contribution >= 4 is 11.6 Å². The molecule has 26 heavy (non-hydrogen) atoms. The number of aromatic hydroxyl groups is 1. The zero-order valence-electron chi connectivity index (χ0n) is 13.7. The third-order valence-electron chi connectivity index (χ3n) is 5.35. The summed E-state index contributed by atoms with van der Waals surface area (Å²) >= 11 is 0. The van der Waals surface area contributed by atoms with Crippen LogP contribution in [0.2, 0.25) is 0 Å². The number of benzene rings is 1. The largest absolute Gasteiger partial charge is 0.507 e. The summed E-state index contributed by atoms with van der Waals surface area (Å²) in [6.45, 7) is 0.819. The molecule has 1 fully saturated rings. The van der Waals surface area contributed by atoms with Crippen molar-refractivity contribution < 1.29 is 50.1 Å². The molecular formula is C16H18O10. The first-order valence-electron chi connectivity index (χ1n) is 7.58. The van der Waals surface area contributed by atoms with Crippen LogP contribution >= 0.6 is 0 Å². The minimum Gasteiger partial charge on any atom is -0.507 e. The summed E-state index contributed by atoms with van der Waals surface area (Å²) in [5, 5.41) is 72.6. The Labute approximate surface area is 146 Å². The summed E-state index contributed by atoms with van der Waals surface area (Å²) < 4.78 is 4.88. The lowest BCUT2D eigenvalue weighted by Gasteiger charge is -2.58. The van der Waals surface area contributed by atoms with Gasteiger partial charge in [-0.15, -0.1) is 0 Å². The summed E-state index contributed by atoms with van der Waals surface area (Å²) in [7, 11) is 1.21. The maximum absolute atomic E-state index is 12.9. The third-order valence-corrected chi connectivity index (χ3v) is 5.35. The van der Waals surface area contributed by atoms with E-state index in [1.54, 1.807) is 0 Å². The molecule has 0 aromatic heterocycles. The van der Waals surface area contributed by atoms with Crippen LogP contribution in [0, 0.1) is 0 Å². The van der Waals surface area contributed by atoms with Crippen LogP contribution in [0.4, 0.5) is 0 Å². The fraction of sp³-hybridized carbons (Fsp3) is 0.500. The molecule has 2 aliphatic carbocycles. The summed E-state index contributed by atoms with van der Waals surface area (Å²) in [5.41, 5.74) is -10.8. The van der Waals surface area contributed by atoms with Gasteiger partial charge in [0.05, 0.1) is 12.7 Å². The standard InChI is InChI=1S/C16H18O10/c1-14(23)11(20)12(21)15(24)10(19)8-6(3-5(26-2)4-7(8)17)9(18)16(15,25)13(14)22/h3-4,11-13,17,20-25H,1-2H3/t11-,12-,13+,14-,15+,16-/m1/s1. The fourth-order valence-corrected chi connectivity index (χ4v) is 3.70. The van der Waals surface area contributed by atoms with Gasteiger partial charge in [-0.05, 0) is 13.0 Å². The van der Waals surface area contributed by atoms with Gasteiger partial charge < -0.3 is 40.5 Å². The van der Waals surface area contributed by atoms with E-state index in [-0.39, 0.29) is 5.75 Å². The number of Topliss-reactive ketones (excluding diaryl/α,β-unsaturated/α-hetero) is 2. The number of carbonyl (C=O) groups is 2. The number of hydrogen-bond donors (Lipinski definition) is 7. The average Bonchev–Trinajstić information content (AvgIpc) is 2.60. The lowest BCUT2D eigenvalue weighted by atomic mass is 9.54. The molecule has 0 heterocycles. The van der Waals surface area contributed by atoms with E-state index in [1.807, 2.05) is 0 Å². The Morgan fingerprint density at radius 2 is 1.54 bits per heavy atom. The summed E-state index contributed by atoms with van der Waals surface area (Å²) in [6.07, 6.45) is -7.38. The number of carbonyl (C=O) groups excluding carboxylic acids is 2. The maximum atomic E-state index is 12.9. The molecule has 3 rings (SSSR count). The van der Waals surface area contributed by atoms with Crippen molar-refractivity contribution in [3.8, 4) is 11.5 Å². The number of phenols is 1. The number of methoxy groups -OCH3 is 1. The molecule has 142 valence electrons. The van der Waals surface area contributed by atoms with Gasteiger partial charge in [-0.25, -0.2) is 0 Å². The molecule has 2 aliphatic rings. The first kappa shape index (κ1) is 18.7. The highest BCUT2D eigenvalue weighted by atomic mass is 16.5. The zero-order valence-corrected chi connectivity index (χ0v) is 13.7. The second-order valence-electron chi connectivity index (χ2n) is 6.78. The lowest BCUT2D eigenvalue weighted by Crippen LogP contribution is -2.86. The Hall–Kier alpha value is -2.08. The van der Waals surface area contributed by atoms with Gasteiger partial charge in [-0.1, -0.05) is 0 Å². The number of ether oxygens (including phenoxy) is 1. The monoisotopic (exact) mass is 370 g/mol. The minimum atomic E-state index is -3.41. The maximum Gasteiger partial charge on any atom is 0.205 e. The molecule has 0 spiro atoms. The predicted molar refractivity (Wildman–Crippen MR) is 81.9 cm³/mol. The Bertz CT molecular complexity index is 817. The zero-order chi connectivity index (χ0) is 19.8. The number of ketones is 2. The van der Waals surface area contributed by atoms with Crippen molar-refractivity contribution in [2.75, 3.05) is 7.11 Å². The van der Waals surface area contributed by atoms with Gasteiger partial charge in [0, 0.05) is 11.6 Å². The smallest absolute Gasteiger partial charge is 0.205 e. The predicted octanol–water partition coefficient (Wildman–Crippen LogP) is -2.91. The van der Waals surface area contributed by atoms with Gasteiger partial charge in [0.2, 0.25) is 11.6 Å². The van der Waals surface area contributed by atoms with Crippen molar-refractivity contribution in [1.82, 2.24) is 0 Å². The van der Waals surface area contributed by atoms with E-state index in [0.717, 1.165) is 19.1 Å². The van der Waals surface area contributed by atoms with Crippen molar-refractivity contribution in [2.45, 2.75) is 42.0 Å². The molecule has 10 heteroatoms. The summed E-state index contributed by atoms with van der Waals surface area (Å²) in [4.78, 5) is 25.7. The van der Waals surface area contributed by atoms with E-state index < -0.39 is 63.6 Å². The minimum absolute atomic E-state index is 0.0610. The first-order chi connectivity index (χ1) is 11.9. The molecule has 10 nitrogen and oxygen atoms in total. The van der Waals surface area contributed by atoms with Crippen molar-refractivity contribution in [3.05, 3.63) is 23.3 Å². The fourth-order valence-electron chi connectivity index (χ4n) is 3.70. The van der Waals surface area contributed by atoms with Crippen LogP contribution in [0.5, 0.6) is 11.5 Å². The van der Waals surface area contributed by atoms with E-state index >= 15 is 0 Å². The Morgan fingerprint density at radius 3 is 2.08 bits per heavy atom. The van der Waals surface area contributed by atoms with Crippen molar-refractivity contribution in [2.24, 2.45) is 0 Å². The summed E-state index contributed by atoms with van der Waals surface area (Å²) in [5.74, 6) is -3.78. The van der Waals surface area contributed by atoms with E-state index in [0.29, 0.717) is 0 Å². The molecule has 0 saturated heterocycles. The number of fused-ring (bicyclic) bond motifs is 2. The topological polar surface area (TPSA) is 185 Å². The highest BCUT2D eigenvalue weighted by Crippen LogP contribution is 2.51. The number of rotatable bonds is 1. The van der Waals surface area contributed by atoms with Gasteiger partial charge in [-0.3, -0.25) is 9.59 Å². The molecule has 6 atom stereocenters. The van der Waals surface area contributed by atoms with Gasteiger partial charge in [0.15, 0.2) is 11.2 Å². The number of hydrogen-bond acceptors (Lipinski definition) is 10. The molecular weight excluding hydrogens is 352 g/mol. The number of aliphatic hydroxyl groups is 6. The molecule has 0 bridgehead atoms. The Morgan fingerprint density at radius 1 is 0.962 bits per heavy atom. The number of phenolic OH excluding ortho intramolecular Hbond substituents is 1. The molecule has 1 aromatic rings. The molecule has 0 aliphatic heterocycles. The van der Waals surface area contributed by atoms with Gasteiger partial charge >= 0.3 is 0 Å². The molecule has 1 saturated carbocycles. The van der Waals surface area contributed by atoms with E-state index in [2.05, 4.69) is 0 Å². The Balaban J connectivity index is 2.38. The van der Waals surface area contributed by atoms with E-state index in [9.17, 15) is 45.3 Å². The van der Waals surface area contributed by atoms with E-state index in [1.165, 1.54) is 7.11 Å². The van der Waals surface area contributed by atoms with Crippen molar-refractivity contribution in [1.29, 1.82) is 0 Å². The van der Waals surface area contributed by atoms with Crippen LogP contribution in [-0.4, -0.2) is 89.5 Å². The third kappa shape index (κ3) is 1.80. The molecule has 0 amide bonds. The second-order valence-corrected chi connectivity index (χ2v) is 6.78. The van der Waals surface area contributed by atoms with Gasteiger partial charge in [-0.2, -0.15) is 0 Å². The van der Waals surface area contributed by atoms with Crippen LogP contribution in [-0.2, 0) is 0 Å². The quantitative estimate of drug-likeness (QED) is 0.270. The van der Waals surface area contributed by atoms with Crippen LogP contribution in [0.3, 0.4) is 0 Å². The highest BCUT2D eigenvalue weighted by molar-refractivity contribution is 6.24. The first-order valence-corrected chi connectivity index (χ1v) is 7.58.